The highest BCUT2D eigenvalue weighted by atomic mass is 15.3. The summed E-state index contributed by atoms with van der Waals surface area (Å²) < 4.78 is 2.17. The van der Waals surface area contributed by atoms with Gasteiger partial charge in [0.25, 0.3) is 0 Å². The second kappa shape index (κ2) is 9.31. The SMILES string of the molecule is CCCn1ncc(CN2CCC[C@@H](N3CCN(c4ccccc4C)CC3)C2)c1C. The number of aryl methyl sites for hydroxylation is 2. The summed E-state index contributed by atoms with van der Waals surface area (Å²) in [6, 6.07) is 9.51. The molecule has 2 aromatic rings. The molecule has 29 heavy (non-hydrogen) atoms. The minimum atomic E-state index is 0.703. The molecule has 0 aliphatic carbocycles. The van der Waals surface area contributed by atoms with E-state index in [1.54, 1.807) is 0 Å². The average molecular weight is 396 g/mol. The van der Waals surface area contributed by atoms with Crippen molar-refractivity contribution >= 4 is 5.69 Å². The molecule has 1 atom stereocenters. The molecular weight excluding hydrogens is 358 g/mol. The van der Waals surface area contributed by atoms with E-state index in [1.165, 1.54) is 61.5 Å². The minimum Gasteiger partial charge on any atom is -0.369 e. The van der Waals surface area contributed by atoms with Crippen molar-refractivity contribution in [1.29, 1.82) is 0 Å². The number of benzene rings is 1. The van der Waals surface area contributed by atoms with Crippen molar-refractivity contribution in [2.45, 2.75) is 59.2 Å². The van der Waals surface area contributed by atoms with Gasteiger partial charge in [0.15, 0.2) is 0 Å². The molecule has 2 saturated heterocycles. The van der Waals surface area contributed by atoms with Gasteiger partial charge in [-0.3, -0.25) is 14.5 Å². The molecule has 0 saturated carbocycles. The molecule has 2 fully saturated rings. The molecule has 2 aliphatic rings. The van der Waals surface area contributed by atoms with E-state index in [-0.39, 0.29) is 0 Å². The lowest BCUT2D eigenvalue weighted by Gasteiger charge is -2.44. The molecule has 3 heterocycles. The summed E-state index contributed by atoms with van der Waals surface area (Å²) in [6.07, 6.45) is 5.89. The zero-order valence-electron chi connectivity index (χ0n) is 18.5. The van der Waals surface area contributed by atoms with Crippen molar-refractivity contribution in [1.82, 2.24) is 19.6 Å². The highest BCUT2D eigenvalue weighted by Gasteiger charge is 2.28. The maximum Gasteiger partial charge on any atom is 0.0537 e. The zero-order valence-corrected chi connectivity index (χ0v) is 18.5. The second-order valence-electron chi connectivity index (χ2n) is 8.82. The molecule has 0 spiro atoms. The molecule has 0 amide bonds. The lowest BCUT2D eigenvalue weighted by Crippen LogP contribution is -2.55. The van der Waals surface area contributed by atoms with Crippen LogP contribution in [0.5, 0.6) is 0 Å². The van der Waals surface area contributed by atoms with Crippen LogP contribution in [0.15, 0.2) is 30.5 Å². The number of hydrogen-bond acceptors (Lipinski definition) is 4. The Balaban J connectivity index is 1.32. The van der Waals surface area contributed by atoms with Gasteiger partial charge in [-0.2, -0.15) is 5.10 Å². The summed E-state index contributed by atoms with van der Waals surface area (Å²) in [7, 11) is 0. The third-order valence-electron chi connectivity index (χ3n) is 6.80. The molecule has 5 nitrogen and oxygen atoms in total. The van der Waals surface area contributed by atoms with E-state index in [0.29, 0.717) is 6.04 Å². The topological polar surface area (TPSA) is 27.5 Å². The predicted octanol–water partition coefficient (Wildman–Crippen LogP) is 3.70. The first kappa shape index (κ1) is 20.4. The largest absolute Gasteiger partial charge is 0.369 e. The summed E-state index contributed by atoms with van der Waals surface area (Å²) in [5.74, 6) is 0. The van der Waals surface area contributed by atoms with Crippen molar-refractivity contribution in [3.8, 4) is 0 Å². The fourth-order valence-electron chi connectivity index (χ4n) is 5.04. The number of nitrogens with zero attached hydrogens (tertiary/aromatic N) is 5. The Hall–Kier alpha value is -1.85. The van der Waals surface area contributed by atoms with Gasteiger partial charge in [-0.15, -0.1) is 0 Å². The molecule has 1 aromatic heterocycles. The number of anilines is 1. The first-order valence-electron chi connectivity index (χ1n) is 11.4. The van der Waals surface area contributed by atoms with Crippen LogP contribution in [0.1, 0.15) is 43.0 Å². The van der Waals surface area contributed by atoms with Crippen LogP contribution in [0.3, 0.4) is 0 Å². The van der Waals surface area contributed by atoms with Crippen molar-refractivity contribution in [2.75, 3.05) is 44.2 Å². The second-order valence-corrected chi connectivity index (χ2v) is 8.82. The number of piperidine rings is 1. The molecule has 0 unspecified atom stereocenters. The normalized spacial score (nSPS) is 21.6. The van der Waals surface area contributed by atoms with E-state index in [9.17, 15) is 0 Å². The smallest absolute Gasteiger partial charge is 0.0537 e. The van der Waals surface area contributed by atoms with Gasteiger partial charge in [0.05, 0.1) is 6.20 Å². The molecule has 2 aliphatic heterocycles. The minimum absolute atomic E-state index is 0.703. The van der Waals surface area contributed by atoms with Crippen LogP contribution < -0.4 is 4.90 Å². The highest BCUT2D eigenvalue weighted by Crippen LogP contribution is 2.24. The summed E-state index contributed by atoms with van der Waals surface area (Å²) in [6.45, 7) is 15.8. The van der Waals surface area contributed by atoms with Crippen molar-refractivity contribution in [2.24, 2.45) is 0 Å². The van der Waals surface area contributed by atoms with Crippen molar-refractivity contribution in [3.05, 3.63) is 47.3 Å². The van der Waals surface area contributed by atoms with E-state index in [0.717, 1.165) is 32.6 Å². The Kier molecular flexibility index (Phi) is 6.56. The number of piperazine rings is 1. The Labute approximate surface area is 176 Å². The van der Waals surface area contributed by atoms with Gasteiger partial charge in [0.1, 0.15) is 0 Å². The summed E-state index contributed by atoms with van der Waals surface area (Å²) in [5, 5.41) is 4.60. The lowest BCUT2D eigenvalue weighted by atomic mass is 10.0. The molecule has 1 aromatic carbocycles. The number of likely N-dealkylation sites (tertiary alicyclic amines) is 1. The predicted molar refractivity (Wildman–Crippen MR) is 121 cm³/mol. The Bertz CT molecular complexity index is 790. The van der Waals surface area contributed by atoms with E-state index in [1.807, 2.05) is 0 Å². The molecule has 0 N–H and O–H groups in total. The first-order chi connectivity index (χ1) is 14.2. The Morgan fingerprint density at radius 1 is 1.03 bits per heavy atom. The van der Waals surface area contributed by atoms with E-state index < -0.39 is 0 Å². The summed E-state index contributed by atoms with van der Waals surface area (Å²) in [5.41, 5.74) is 5.56. The van der Waals surface area contributed by atoms with Gasteiger partial charge >= 0.3 is 0 Å². The molecule has 0 bridgehead atoms. The van der Waals surface area contributed by atoms with Crippen LogP contribution in [-0.4, -0.2) is 64.9 Å². The molecular formula is C24H37N5. The van der Waals surface area contributed by atoms with E-state index in [2.05, 4.69) is 75.7 Å². The number of para-hydroxylation sites is 1. The van der Waals surface area contributed by atoms with Crippen LogP contribution in [0.25, 0.3) is 0 Å². The summed E-state index contributed by atoms with van der Waals surface area (Å²) in [4.78, 5) is 7.97. The van der Waals surface area contributed by atoms with Gasteiger partial charge in [-0.1, -0.05) is 25.1 Å². The maximum atomic E-state index is 4.60. The fourth-order valence-corrected chi connectivity index (χ4v) is 5.04. The van der Waals surface area contributed by atoms with Crippen LogP contribution >= 0.6 is 0 Å². The van der Waals surface area contributed by atoms with Gasteiger partial charge in [0, 0.05) is 68.8 Å². The Morgan fingerprint density at radius 3 is 2.59 bits per heavy atom. The van der Waals surface area contributed by atoms with Crippen molar-refractivity contribution in [3.63, 3.8) is 0 Å². The first-order valence-corrected chi connectivity index (χ1v) is 11.4. The van der Waals surface area contributed by atoms with Crippen LogP contribution in [-0.2, 0) is 13.1 Å². The fraction of sp³-hybridized carbons (Fsp3) is 0.625. The van der Waals surface area contributed by atoms with Crippen LogP contribution in [0, 0.1) is 13.8 Å². The number of rotatable bonds is 6. The van der Waals surface area contributed by atoms with Crippen LogP contribution in [0.2, 0.25) is 0 Å². The third-order valence-corrected chi connectivity index (χ3v) is 6.80. The van der Waals surface area contributed by atoms with Gasteiger partial charge in [0.2, 0.25) is 0 Å². The van der Waals surface area contributed by atoms with Gasteiger partial charge < -0.3 is 4.90 Å². The van der Waals surface area contributed by atoms with E-state index in [4.69, 9.17) is 0 Å². The highest BCUT2D eigenvalue weighted by molar-refractivity contribution is 5.53. The van der Waals surface area contributed by atoms with Crippen molar-refractivity contribution < 1.29 is 0 Å². The lowest BCUT2D eigenvalue weighted by molar-refractivity contribution is 0.0886. The molecule has 5 heteroatoms. The number of aromatic nitrogens is 2. The average Bonchev–Trinajstić information content (AvgIpc) is 3.08. The zero-order chi connectivity index (χ0) is 20.2. The third kappa shape index (κ3) is 4.67. The quantitative estimate of drug-likeness (QED) is 0.745. The Morgan fingerprint density at radius 2 is 1.83 bits per heavy atom. The van der Waals surface area contributed by atoms with Crippen LogP contribution in [0.4, 0.5) is 5.69 Å². The van der Waals surface area contributed by atoms with E-state index >= 15 is 0 Å². The monoisotopic (exact) mass is 395 g/mol. The van der Waals surface area contributed by atoms with Gasteiger partial charge in [-0.05, 0) is 51.3 Å². The standard InChI is InChI=1S/C24H37N5/c1-4-11-29-21(3)22(17-25-29)18-26-12-7-9-23(19-26)27-13-15-28(16-14-27)24-10-6-5-8-20(24)2/h5-6,8,10,17,23H,4,7,9,11-16,18-19H2,1-3H3/t23-/m1/s1. The summed E-state index contributed by atoms with van der Waals surface area (Å²) >= 11 is 0. The van der Waals surface area contributed by atoms with Gasteiger partial charge in [-0.25, -0.2) is 0 Å². The number of hydrogen-bond donors (Lipinski definition) is 0. The molecule has 158 valence electrons. The maximum absolute atomic E-state index is 4.60. The molecule has 0 radical (unpaired) electrons. The molecule has 4 rings (SSSR count).